The number of hydrogen-bond acceptors (Lipinski definition) is 3. The zero-order chi connectivity index (χ0) is 20.3. The number of amides is 1. The van der Waals surface area contributed by atoms with E-state index in [2.05, 4.69) is 15.3 Å². The number of nitrogens with zero attached hydrogens (tertiary/aromatic N) is 3. The van der Waals surface area contributed by atoms with E-state index in [0.717, 1.165) is 24.5 Å². The first-order valence-electron chi connectivity index (χ1n) is 9.97. The van der Waals surface area contributed by atoms with Crippen LogP contribution in [0, 0.1) is 42.2 Å². The standard InChI is InChI=1S/C22H22F2N4O/c1-11-3-4-20(25-9-11)27-22(29)12(2)21-14-5-13(6-15(14)21)28-10-26-18-7-16(23)17(24)8-19(18)28/h3-4,7-10,12-15,21H,5-6H2,1-2H3,(H,25,27,29)/t12?,13-,14-,15+,21+. The van der Waals surface area contributed by atoms with Crippen molar-refractivity contribution in [2.75, 3.05) is 5.32 Å². The van der Waals surface area contributed by atoms with Crippen LogP contribution in [-0.2, 0) is 4.79 Å². The molecule has 1 unspecified atom stereocenters. The van der Waals surface area contributed by atoms with Crippen LogP contribution in [0.5, 0.6) is 0 Å². The highest BCUT2D eigenvalue weighted by molar-refractivity contribution is 5.92. The Balaban J connectivity index is 1.25. The molecule has 2 heterocycles. The first-order chi connectivity index (χ1) is 13.9. The summed E-state index contributed by atoms with van der Waals surface area (Å²) in [5, 5.41) is 2.91. The molecule has 1 aromatic carbocycles. The van der Waals surface area contributed by atoms with Crippen LogP contribution in [0.3, 0.4) is 0 Å². The summed E-state index contributed by atoms with van der Waals surface area (Å²) in [4.78, 5) is 21.1. The van der Waals surface area contributed by atoms with Gasteiger partial charge in [0, 0.05) is 30.3 Å². The van der Waals surface area contributed by atoms with Crippen LogP contribution >= 0.6 is 0 Å². The molecule has 0 aliphatic heterocycles. The number of rotatable bonds is 4. The van der Waals surface area contributed by atoms with E-state index in [0.29, 0.717) is 34.6 Å². The molecule has 5 rings (SSSR count). The van der Waals surface area contributed by atoms with Gasteiger partial charge in [0.05, 0.1) is 17.4 Å². The number of aryl methyl sites for hydroxylation is 1. The second-order valence-corrected chi connectivity index (χ2v) is 8.44. The molecule has 2 fully saturated rings. The van der Waals surface area contributed by atoms with E-state index >= 15 is 0 Å². The van der Waals surface area contributed by atoms with Crippen LogP contribution in [0.1, 0.15) is 31.4 Å². The Bertz CT molecular complexity index is 1080. The van der Waals surface area contributed by atoms with E-state index in [1.807, 2.05) is 30.5 Å². The number of carbonyl (C=O) groups is 1. The van der Waals surface area contributed by atoms with E-state index in [-0.39, 0.29) is 17.9 Å². The molecule has 2 aliphatic carbocycles. The predicted molar refractivity (Wildman–Crippen MR) is 105 cm³/mol. The summed E-state index contributed by atoms with van der Waals surface area (Å²) in [7, 11) is 0. The van der Waals surface area contributed by atoms with E-state index in [4.69, 9.17) is 0 Å². The smallest absolute Gasteiger partial charge is 0.228 e. The first kappa shape index (κ1) is 18.2. The average molecular weight is 396 g/mol. The molecule has 29 heavy (non-hydrogen) atoms. The largest absolute Gasteiger partial charge is 0.327 e. The van der Waals surface area contributed by atoms with Gasteiger partial charge in [-0.25, -0.2) is 18.7 Å². The normalized spacial score (nSPS) is 26.3. The Hall–Kier alpha value is -2.83. The molecule has 0 bridgehead atoms. The monoisotopic (exact) mass is 396 g/mol. The predicted octanol–water partition coefficient (Wildman–Crippen LogP) is 4.49. The minimum Gasteiger partial charge on any atom is -0.327 e. The Morgan fingerprint density at radius 1 is 1.17 bits per heavy atom. The molecule has 2 aromatic heterocycles. The van der Waals surface area contributed by atoms with Crippen LogP contribution in [-0.4, -0.2) is 20.4 Å². The fraction of sp³-hybridized carbons (Fsp3) is 0.409. The van der Waals surface area contributed by atoms with Crippen LogP contribution in [0.4, 0.5) is 14.6 Å². The molecule has 5 atom stereocenters. The van der Waals surface area contributed by atoms with Crippen molar-refractivity contribution in [1.82, 2.24) is 14.5 Å². The number of fused-ring (bicyclic) bond motifs is 2. The highest BCUT2D eigenvalue weighted by Crippen LogP contribution is 2.64. The topological polar surface area (TPSA) is 59.8 Å². The van der Waals surface area contributed by atoms with Crippen molar-refractivity contribution in [3.63, 3.8) is 0 Å². The lowest BCUT2D eigenvalue weighted by Gasteiger charge is -2.19. The van der Waals surface area contributed by atoms with Crippen molar-refractivity contribution >= 4 is 22.8 Å². The second kappa shape index (κ2) is 6.61. The van der Waals surface area contributed by atoms with Crippen LogP contribution in [0.25, 0.3) is 11.0 Å². The number of imidazole rings is 1. The summed E-state index contributed by atoms with van der Waals surface area (Å²) >= 11 is 0. The Morgan fingerprint density at radius 2 is 1.90 bits per heavy atom. The van der Waals surface area contributed by atoms with E-state index in [1.165, 1.54) is 6.07 Å². The molecule has 2 saturated carbocycles. The number of halogens is 2. The number of nitrogens with one attached hydrogen (secondary N) is 1. The summed E-state index contributed by atoms with van der Waals surface area (Å²) in [6.07, 6.45) is 5.27. The van der Waals surface area contributed by atoms with Gasteiger partial charge in [0.2, 0.25) is 5.91 Å². The zero-order valence-electron chi connectivity index (χ0n) is 16.3. The van der Waals surface area contributed by atoms with Gasteiger partial charge in [0.15, 0.2) is 11.6 Å². The number of aromatic nitrogens is 3. The highest BCUT2D eigenvalue weighted by atomic mass is 19.2. The summed E-state index contributed by atoms with van der Waals surface area (Å²) in [6.45, 7) is 3.93. The highest BCUT2D eigenvalue weighted by Gasteiger charge is 2.59. The average Bonchev–Trinajstić information content (AvgIpc) is 3.02. The lowest BCUT2D eigenvalue weighted by atomic mass is 9.96. The van der Waals surface area contributed by atoms with Crippen molar-refractivity contribution in [2.24, 2.45) is 23.7 Å². The summed E-state index contributed by atoms with van der Waals surface area (Å²) in [6, 6.07) is 6.32. The molecule has 1 N–H and O–H groups in total. The summed E-state index contributed by atoms with van der Waals surface area (Å²) in [5.74, 6) is 0.0956. The van der Waals surface area contributed by atoms with Crippen molar-refractivity contribution < 1.29 is 13.6 Å². The van der Waals surface area contributed by atoms with Crippen LogP contribution in [0.15, 0.2) is 36.8 Å². The number of anilines is 1. The Morgan fingerprint density at radius 3 is 2.59 bits per heavy atom. The quantitative estimate of drug-likeness (QED) is 0.707. The van der Waals surface area contributed by atoms with Crippen molar-refractivity contribution in [2.45, 2.75) is 32.7 Å². The number of pyridine rings is 1. The summed E-state index contributed by atoms with van der Waals surface area (Å²) in [5.41, 5.74) is 2.15. The van der Waals surface area contributed by atoms with Gasteiger partial charge in [-0.05, 0) is 49.1 Å². The molecule has 0 spiro atoms. The third kappa shape index (κ3) is 3.09. The Kier molecular flexibility index (Phi) is 4.15. The van der Waals surface area contributed by atoms with Crippen molar-refractivity contribution in [3.05, 3.63) is 54.0 Å². The second-order valence-electron chi connectivity index (χ2n) is 8.44. The van der Waals surface area contributed by atoms with Crippen LogP contribution in [0.2, 0.25) is 0 Å². The zero-order valence-corrected chi connectivity index (χ0v) is 16.3. The maximum absolute atomic E-state index is 13.7. The fourth-order valence-electron chi connectivity index (χ4n) is 5.10. The number of carbonyl (C=O) groups excluding carboxylic acids is 1. The summed E-state index contributed by atoms with van der Waals surface area (Å²) < 4.78 is 29.1. The molecule has 150 valence electrons. The minimum atomic E-state index is -0.875. The van der Waals surface area contributed by atoms with Crippen molar-refractivity contribution in [3.8, 4) is 0 Å². The van der Waals surface area contributed by atoms with E-state index < -0.39 is 11.6 Å². The first-order valence-corrected chi connectivity index (χ1v) is 9.97. The van der Waals surface area contributed by atoms with E-state index in [9.17, 15) is 13.6 Å². The lowest BCUT2D eigenvalue weighted by Crippen LogP contribution is -2.24. The van der Waals surface area contributed by atoms with Gasteiger partial charge in [-0.1, -0.05) is 13.0 Å². The van der Waals surface area contributed by atoms with Gasteiger partial charge in [0.25, 0.3) is 0 Å². The molecule has 0 saturated heterocycles. The third-order valence-electron chi connectivity index (χ3n) is 6.65. The fourth-order valence-corrected chi connectivity index (χ4v) is 5.10. The van der Waals surface area contributed by atoms with Gasteiger partial charge in [-0.15, -0.1) is 0 Å². The van der Waals surface area contributed by atoms with Gasteiger partial charge in [0.1, 0.15) is 5.82 Å². The van der Waals surface area contributed by atoms with Gasteiger partial charge in [-0.3, -0.25) is 4.79 Å². The molecule has 3 aromatic rings. The van der Waals surface area contributed by atoms with Crippen LogP contribution < -0.4 is 5.32 Å². The van der Waals surface area contributed by atoms with Gasteiger partial charge < -0.3 is 9.88 Å². The molecule has 2 aliphatic rings. The number of benzene rings is 1. The molecule has 7 heteroatoms. The lowest BCUT2D eigenvalue weighted by molar-refractivity contribution is -0.120. The number of hydrogen-bond donors (Lipinski definition) is 1. The molecular weight excluding hydrogens is 374 g/mol. The maximum Gasteiger partial charge on any atom is 0.228 e. The SMILES string of the molecule is Cc1ccc(NC(=O)C(C)[C@H]2[C@@H]3C[C@@H](n4cnc5cc(F)c(F)cc54)C[C@@H]32)nc1. The third-order valence-corrected chi connectivity index (χ3v) is 6.65. The molecular formula is C22H22F2N4O. The van der Waals surface area contributed by atoms with E-state index in [1.54, 1.807) is 12.5 Å². The minimum absolute atomic E-state index is 0.00271. The van der Waals surface area contributed by atoms with Gasteiger partial charge >= 0.3 is 0 Å². The molecule has 0 radical (unpaired) electrons. The van der Waals surface area contributed by atoms with Crippen molar-refractivity contribution in [1.29, 1.82) is 0 Å². The molecule has 1 amide bonds. The molecule has 5 nitrogen and oxygen atoms in total. The maximum atomic E-state index is 13.7. The Labute approximate surface area is 167 Å². The van der Waals surface area contributed by atoms with Gasteiger partial charge in [-0.2, -0.15) is 0 Å².